The lowest BCUT2D eigenvalue weighted by atomic mass is 10.0. The Hall–Kier alpha value is -2.96. The van der Waals surface area contributed by atoms with Crippen molar-refractivity contribution in [2.45, 2.75) is 52.4 Å². The molecule has 0 bridgehead atoms. The Morgan fingerprint density at radius 1 is 1.19 bits per heavy atom. The Balaban J connectivity index is 1.49. The number of ether oxygens (including phenoxy) is 1. The van der Waals surface area contributed by atoms with E-state index in [0.717, 1.165) is 40.6 Å². The summed E-state index contributed by atoms with van der Waals surface area (Å²) in [4.78, 5) is 38.9. The maximum Gasteiger partial charge on any atom is 0.228 e. The zero-order valence-electron chi connectivity index (χ0n) is 19.4. The van der Waals surface area contributed by atoms with Gasteiger partial charge in [-0.1, -0.05) is 26.0 Å². The van der Waals surface area contributed by atoms with Crippen LogP contribution in [0.25, 0.3) is 0 Å². The summed E-state index contributed by atoms with van der Waals surface area (Å²) in [6.45, 7) is 8.21. The number of aryl methyl sites for hydroxylation is 1. The third-order valence-corrected chi connectivity index (χ3v) is 6.32. The third kappa shape index (κ3) is 4.61. The molecule has 0 unspecified atom stereocenters. The van der Waals surface area contributed by atoms with E-state index in [1.807, 2.05) is 41.0 Å². The van der Waals surface area contributed by atoms with Gasteiger partial charge in [0, 0.05) is 43.2 Å². The van der Waals surface area contributed by atoms with Crippen LogP contribution in [0.5, 0.6) is 5.75 Å². The number of hydrogen-bond acceptors (Lipinski definition) is 5. The topological polar surface area (TPSA) is 75.6 Å². The minimum absolute atomic E-state index is 0.0942. The van der Waals surface area contributed by atoms with Gasteiger partial charge in [-0.3, -0.25) is 14.5 Å². The molecular formula is C25H32N4O3. The van der Waals surface area contributed by atoms with Crippen LogP contribution in [0.1, 0.15) is 55.3 Å². The Bertz CT molecular complexity index is 1000. The molecule has 2 aliphatic rings. The van der Waals surface area contributed by atoms with E-state index in [1.54, 1.807) is 7.11 Å². The minimum atomic E-state index is 0.0942. The molecule has 32 heavy (non-hydrogen) atoms. The number of carbonyl (C=O) groups is 2. The molecule has 0 aliphatic carbocycles. The van der Waals surface area contributed by atoms with Gasteiger partial charge < -0.3 is 9.64 Å². The fourth-order valence-electron chi connectivity index (χ4n) is 4.57. The third-order valence-electron chi connectivity index (χ3n) is 6.32. The summed E-state index contributed by atoms with van der Waals surface area (Å²) in [5.74, 6) is 3.03. The van der Waals surface area contributed by atoms with E-state index in [2.05, 4.69) is 13.8 Å². The van der Waals surface area contributed by atoms with Crippen molar-refractivity contribution in [2.24, 2.45) is 5.92 Å². The second-order valence-electron chi connectivity index (χ2n) is 9.22. The summed E-state index contributed by atoms with van der Waals surface area (Å²) in [7, 11) is 1.63. The van der Waals surface area contributed by atoms with Gasteiger partial charge in [-0.05, 0) is 43.4 Å². The first-order chi connectivity index (χ1) is 15.4. The fourth-order valence-corrected chi connectivity index (χ4v) is 4.57. The molecule has 1 aromatic carbocycles. The summed E-state index contributed by atoms with van der Waals surface area (Å²) in [6, 6.07) is 7.62. The highest BCUT2D eigenvalue weighted by molar-refractivity contribution is 5.95. The van der Waals surface area contributed by atoms with Crippen LogP contribution in [0.3, 0.4) is 0 Å². The number of aromatic nitrogens is 2. The van der Waals surface area contributed by atoms with Crippen molar-refractivity contribution >= 4 is 17.6 Å². The molecule has 0 radical (unpaired) electrons. The molecule has 1 saturated heterocycles. The normalized spacial score (nSPS) is 18.3. The first kappa shape index (κ1) is 22.2. The van der Waals surface area contributed by atoms with Crippen LogP contribution in [0.4, 0.5) is 5.82 Å². The van der Waals surface area contributed by atoms with Gasteiger partial charge in [0.25, 0.3) is 0 Å². The molecule has 2 aromatic rings. The average Bonchev–Trinajstić information content (AvgIpc) is 3.26. The predicted octanol–water partition coefficient (Wildman–Crippen LogP) is 3.29. The number of amides is 2. The number of hydrogen-bond donors (Lipinski definition) is 0. The summed E-state index contributed by atoms with van der Waals surface area (Å²) < 4.78 is 5.19. The molecule has 7 heteroatoms. The number of likely N-dealkylation sites (tertiary alicyclic amines) is 1. The zero-order chi connectivity index (χ0) is 22.8. The predicted molar refractivity (Wildman–Crippen MR) is 123 cm³/mol. The van der Waals surface area contributed by atoms with Crippen molar-refractivity contribution in [2.75, 3.05) is 31.6 Å². The van der Waals surface area contributed by atoms with Crippen LogP contribution in [0.15, 0.2) is 24.3 Å². The van der Waals surface area contributed by atoms with E-state index in [4.69, 9.17) is 14.7 Å². The van der Waals surface area contributed by atoms with Crippen molar-refractivity contribution in [1.82, 2.24) is 14.9 Å². The number of methoxy groups -OCH3 is 1. The molecule has 1 atom stereocenters. The van der Waals surface area contributed by atoms with Crippen LogP contribution < -0.4 is 9.64 Å². The lowest BCUT2D eigenvalue weighted by Gasteiger charge is -2.31. The lowest BCUT2D eigenvalue weighted by molar-refractivity contribution is -0.129. The molecular weight excluding hydrogens is 404 g/mol. The van der Waals surface area contributed by atoms with Crippen molar-refractivity contribution in [3.63, 3.8) is 0 Å². The minimum Gasteiger partial charge on any atom is -0.497 e. The molecule has 2 amide bonds. The highest BCUT2D eigenvalue weighted by atomic mass is 16.5. The first-order valence-corrected chi connectivity index (χ1v) is 11.4. The molecule has 0 spiro atoms. The Kier molecular flexibility index (Phi) is 6.44. The summed E-state index contributed by atoms with van der Waals surface area (Å²) in [5, 5.41) is 0. The summed E-state index contributed by atoms with van der Waals surface area (Å²) in [5.41, 5.74) is 3.01. The average molecular weight is 437 g/mol. The van der Waals surface area contributed by atoms with Gasteiger partial charge in [0.1, 0.15) is 17.4 Å². The van der Waals surface area contributed by atoms with Crippen LogP contribution in [0.2, 0.25) is 0 Å². The quantitative estimate of drug-likeness (QED) is 0.695. The van der Waals surface area contributed by atoms with Gasteiger partial charge in [0.2, 0.25) is 11.8 Å². The molecule has 7 nitrogen and oxygen atoms in total. The van der Waals surface area contributed by atoms with Crippen LogP contribution in [0, 0.1) is 12.8 Å². The molecule has 2 aliphatic heterocycles. The molecule has 1 fully saturated rings. The Labute approximate surface area is 189 Å². The van der Waals surface area contributed by atoms with E-state index in [1.165, 1.54) is 0 Å². The van der Waals surface area contributed by atoms with Crippen LogP contribution >= 0.6 is 0 Å². The monoisotopic (exact) mass is 436 g/mol. The molecule has 3 heterocycles. The summed E-state index contributed by atoms with van der Waals surface area (Å²) >= 11 is 0. The van der Waals surface area contributed by atoms with Gasteiger partial charge in [-0.2, -0.15) is 0 Å². The van der Waals surface area contributed by atoms with Crippen molar-refractivity contribution < 1.29 is 14.3 Å². The summed E-state index contributed by atoms with van der Waals surface area (Å²) in [6.07, 6.45) is 2.43. The van der Waals surface area contributed by atoms with Crippen molar-refractivity contribution in [3.8, 4) is 5.75 Å². The second kappa shape index (κ2) is 9.27. The number of fused-ring (bicyclic) bond motifs is 1. The number of carbonyl (C=O) groups excluding carboxylic acids is 2. The van der Waals surface area contributed by atoms with Crippen molar-refractivity contribution in [3.05, 3.63) is 46.9 Å². The maximum absolute atomic E-state index is 12.9. The highest BCUT2D eigenvalue weighted by Gasteiger charge is 2.33. The van der Waals surface area contributed by atoms with Crippen LogP contribution in [-0.2, 0) is 22.4 Å². The molecule has 170 valence electrons. The first-order valence-electron chi connectivity index (χ1n) is 11.4. The Morgan fingerprint density at radius 2 is 1.94 bits per heavy atom. The number of rotatable bonds is 6. The maximum atomic E-state index is 12.9. The second-order valence-corrected chi connectivity index (χ2v) is 9.22. The number of anilines is 1. The number of benzene rings is 1. The van der Waals surface area contributed by atoms with Gasteiger partial charge in [0.05, 0.1) is 13.5 Å². The van der Waals surface area contributed by atoms with Gasteiger partial charge in [-0.25, -0.2) is 9.97 Å². The van der Waals surface area contributed by atoms with Crippen molar-refractivity contribution in [1.29, 1.82) is 0 Å². The van der Waals surface area contributed by atoms with Gasteiger partial charge in [-0.15, -0.1) is 0 Å². The van der Waals surface area contributed by atoms with Crippen LogP contribution in [-0.4, -0.2) is 53.4 Å². The molecule has 4 rings (SSSR count). The Morgan fingerprint density at radius 3 is 2.62 bits per heavy atom. The standard InChI is InChI=1S/C25H32N4O3/c1-16(2)14-29-22(30)10-9-21-17(3)26-24(27-25(21)29)19-11-12-28(15-19)23(31)13-18-5-7-20(32-4)8-6-18/h5-8,16,19H,9-15H2,1-4H3/t19-/m0/s1. The fraction of sp³-hybridized carbons (Fsp3) is 0.520. The largest absolute Gasteiger partial charge is 0.497 e. The van der Waals surface area contributed by atoms with E-state index in [0.29, 0.717) is 44.8 Å². The SMILES string of the molecule is COc1ccc(CC(=O)N2CC[C@H](c3nc(C)c4c(n3)N(CC(C)C)C(=O)CC4)C2)cc1. The smallest absolute Gasteiger partial charge is 0.228 e. The molecule has 0 N–H and O–H groups in total. The number of nitrogens with zero attached hydrogens (tertiary/aromatic N) is 4. The molecule has 1 aromatic heterocycles. The van der Waals surface area contributed by atoms with E-state index in [-0.39, 0.29) is 17.7 Å². The zero-order valence-corrected chi connectivity index (χ0v) is 19.4. The van der Waals surface area contributed by atoms with E-state index < -0.39 is 0 Å². The lowest BCUT2D eigenvalue weighted by Crippen LogP contribution is -2.39. The van der Waals surface area contributed by atoms with Gasteiger partial charge >= 0.3 is 0 Å². The van der Waals surface area contributed by atoms with E-state index >= 15 is 0 Å². The molecule has 0 saturated carbocycles. The van der Waals surface area contributed by atoms with E-state index in [9.17, 15) is 9.59 Å². The highest BCUT2D eigenvalue weighted by Crippen LogP contribution is 2.32. The van der Waals surface area contributed by atoms with Gasteiger partial charge in [0.15, 0.2) is 0 Å².